The Kier molecular flexibility index (Phi) is 6.52. The molecule has 164 valence electrons. The molecule has 1 saturated carbocycles. The van der Waals surface area contributed by atoms with E-state index in [1.54, 1.807) is 29.2 Å². The number of aromatic nitrogens is 4. The van der Waals surface area contributed by atoms with Crippen molar-refractivity contribution in [3.05, 3.63) is 53.7 Å². The molecule has 1 amide bonds. The van der Waals surface area contributed by atoms with Gasteiger partial charge in [-0.2, -0.15) is 10.4 Å². The largest absolute Gasteiger partial charge is 0.488 e. The number of nitrogens with one attached hydrogen (secondary N) is 1. The standard InChI is InChI=1S/C22H21ClN6O3/c23-21-20(32-12-14-5-7-17(8-6-14)28-22(30)31)19(25-13-26-21)16-10-27-29(11-16)18-4-2-1-3-15(18)9-24/h1-4,10-11,13-14,17,28H,5-8,12H2,(H,30,31). The minimum absolute atomic E-state index is 0.00918. The lowest BCUT2D eigenvalue weighted by Gasteiger charge is -2.28. The summed E-state index contributed by atoms with van der Waals surface area (Å²) in [5.41, 5.74) is 2.38. The topological polar surface area (TPSA) is 126 Å². The number of benzene rings is 1. The van der Waals surface area contributed by atoms with Crippen LogP contribution in [0.4, 0.5) is 4.79 Å². The highest BCUT2D eigenvalue weighted by Crippen LogP contribution is 2.34. The molecule has 0 saturated heterocycles. The molecule has 0 unspecified atom stereocenters. The fraction of sp³-hybridized carbons (Fsp3) is 0.318. The van der Waals surface area contributed by atoms with Gasteiger partial charge in [0.25, 0.3) is 0 Å². The van der Waals surface area contributed by atoms with Gasteiger partial charge in [-0.3, -0.25) is 0 Å². The number of para-hydroxylation sites is 1. The van der Waals surface area contributed by atoms with Crippen molar-refractivity contribution in [2.24, 2.45) is 5.92 Å². The molecule has 1 aliphatic rings. The van der Waals surface area contributed by atoms with Crippen LogP contribution in [0.25, 0.3) is 16.9 Å². The molecule has 0 spiro atoms. The molecule has 1 aromatic carbocycles. The lowest BCUT2D eigenvalue weighted by Crippen LogP contribution is -2.37. The molecule has 2 N–H and O–H groups in total. The Bertz CT molecular complexity index is 1150. The van der Waals surface area contributed by atoms with Crippen LogP contribution in [0.3, 0.4) is 0 Å². The van der Waals surface area contributed by atoms with Crippen LogP contribution in [-0.4, -0.2) is 43.6 Å². The molecular formula is C22H21ClN6O3. The van der Waals surface area contributed by atoms with E-state index >= 15 is 0 Å². The van der Waals surface area contributed by atoms with Gasteiger partial charge in [0, 0.05) is 17.8 Å². The minimum atomic E-state index is -0.986. The summed E-state index contributed by atoms with van der Waals surface area (Å²) in [6.45, 7) is 0.436. The molecule has 0 atom stereocenters. The average molecular weight is 453 g/mol. The molecule has 2 aromatic heterocycles. The minimum Gasteiger partial charge on any atom is -0.488 e. The smallest absolute Gasteiger partial charge is 0.404 e. The second kappa shape index (κ2) is 9.66. The SMILES string of the molecule is N#Cc1ccccc1-n1cc(-c2ncnc(Cl)c2OCC2CCC(NC(=O)O)CC2)cn1. The third kappa shape index (κ3) is 4.81. The summed E-state index contributed by atoms with van der Waals surface area (Å²) in [4.78, 5) is 19.2. The molecular weight excluding hydrogens is 432 g/mol. The summed E-state index contributed by atoms with van der Waals surface area (Å²) in [6.07, 6.45) is 7.05. The van der Waals surface area contributed by atoms with E-state index in [1.165, 1.54) is 6.33 Å². The van der Waals surface area contributed by atoms with Crippen molar-refractivity contribution in [2.45, 2.75) is 31.7 Å². The lowest BCUT2D eigenvalue weighted by molar-refractivity contribution is 0.169. The first-order chi connectivity index (χ1) is 15.5. The van der Waals surface area contributed by atoms with Crippen LogP contribution in [0.15, 0.2) is 43.0 Å². The number of rotatable bonds is 6. The molecule has 10 heteroatoms. The maximum Gasteiger partial charge on any atom is 0.404 e. The zero-order chi connectivity index (χ0) is 22.5. The summed E-state index contributed by atoms with van der Waals surface area (Å²) in [5.74, 6) is 0.671. The van der Waals surface area contributed by atoms with Gasteiger partial charge in [-0.15, -0.1) is 0 Å². The molecule has 2 heterocycles. The summed E-state index contributed by atoms with van der Waals surface area (Å²) >= 11 is 6.33. The van der Waals surface area contributed by atoms with Gasteiger partial charge in [0.1, 0.15) is 18.1 Å². The van der Waals surface area contributed by atoms with Crippen molar-refractivity contribution in [1.29, 1.82) is 5.26 Å². The first-order valence-electron chi connectivity index (χ1n) is 10.2. The molecule has 1 fully saturated rings. The number of hydrogen-bond acceptors (Lipinski definition) is 6. The number of ether oxygens (including phenoxy) is 1. The second-order valence-electron chi connectivity index (χ2n) is 7.62. The average Bonchev–Trinajstić information content (AvgIpc) is 3.28. The van der Waals surface area contributed by atoms with E-state index < -0.39 is 6.09 Å². The Hall–Kier alpha value is -3.64. The van der Waals surface area contributed by atoms with Gasteiger partial charge in [0.05, 0.1) is 24.1 Å². The van der Waals surface area contributed by atoms with Crippen molar-refractivity contribution in [1.82, 2.24) is 25.1 Å². The summed E-state index contributed by atoms with van der Waals surface area (Å²) in [5, 5.41) is 25.4. The van der Waals surface area contributed by atoms with E-state index in [1.807, 2.05) is 12.1 Å². The fourth-order valence-corrected chi connectivity index (χ4v) is 4.07. The summed E-state index contributed by atoms with van der Waals surface area (Å²) in [7, 11) is 0. The number of halogens is 1. The molecule has 3 aromatic rings. The number of hydrogen-bond donors (Lipinski definition) is 2. The van der Waals surface area contributed by atoms with E-state index in [2.05, 4.69) is 26.5 Å². The monoisotopic (exact) mass is 452 g/mol. The van der Waals surface area contributed by atoms with E-state index in [-0.39, 0.29) is 17.1 Å². The maximum atomic E-state index is 10.8. The van der Waals surface area contributed by atoms with Crippen LogP contribution >= 0.6 is 11.6 Å². The van der Waals surface area contributed by atoms with Gasteiger partial charge in [-0.1, -0.05) is 23.7 Å². The van der Waals surface area contributed by atoms with Gasteiger partial charge in [-0.25, -0.2) is 19.4 Å². The van der Waals surface area contributed by atoms with Crippen LogP contribution < -0.4 is 10.1 Å². The zero-order valence-electron chi connectivity index (χ0n) is 17.1. The summed E-state index contributed by atoms with van der Waals surface area (Å²) < 4.78 is 7.67. The van der Waals surface area contributed by atoms with Crippen LogP contribution in [-0.2, 0) is 0 Å². The predicted octanol–water partition coefficient (Wildman–Crippen LogP) is 4.06. The van der Waals surface area contributed by atoms with Crippen molar-refractivity contribution in [3.8, 4) is 28.8 Å². The van der Waals surface area contributed by atoms with Gasteiger partial charge < -0.3 is 15.2 Å². The van der Waals surface area contributed by atoms with Gasteiger partial charge >= 0.3 is 6.09 Å². The zero-order valence-corrected chi connectivity index (χ0v) is 17.9. The van der Waals surface area contributed by atoms with Gasteiger partial charge in [-0.05, 0) is 43.7 Å². The number of amides is 1. The van der Waals surface area contributed by atoms with Crippen LogP contribution in [0, 0.1) is 17.2 Å². The molecule has 9 nitrogen and oxygen atoms in total. The Balaban J connectivity index is 1.49. The molecule has 0 radical (unpaired) electrons. The Morgan fingerprint density at radius 3 is 2.81 bits per heavy atom. The highest BCUT2D eigenvalue weighted by Gasteiger charge is 2.24. The first-order valence-corrected chi connectivity index (χ1v) is 10.6. The lowest BCUT2D eigenvalue weighted by atomic mass is 9.86. The number of carboxylic acid groups (broad SMARTS) is 1. The van der Waals surface area contributed by atoms with Crippen LogP contribution in [0.5, 0.6) is 5.75 Å². The number of nitrogens with zero attached hydrogens (tertiary/aromatic N) is 5. The first kappa shape index (κ1) is 21.6. The third-order valence-corrected chi connectivity index (χ3v) is 5.79. The van der Waals surface area contributed by atoms with Crippen molar-refractivity contribution < 1.29 is 14.6 Å². The number of nitriles is 1. The summed E-state index contributed by atoms with van der Waals surface area (Å²) in [6, 6.07) is 9.34. The third-order valence-electron chi connectivity index (χ3n) is 5.53. The van der Waals surface area contributed by atoms with Crippen molar-refractivity contribution >= 4 is 17.7 Å². The quantitative estimate of drug-likeness (QED) is 0.540. The van der Waals surface area contributed by atoms with E-state index in [0.717, 1.165) is 25.7 Å². The fourth-order valence-electron chi connectivity index (χ4n) is 3.88. The second-order valence-corrected chi connectivity index (χ2v) is 7.98. The molecule has 0 bridgehead atoms. The Morgan fingerprint density at radius 2 is 2.06 bits per heavy atom. The van der Waals surface area contributed by atoms with Crippen molar-refractivity contribution in [2.75, 3.05) is 6.61 Å². The van der Waals surface area contributed by atoms with E-state index in [0.29, 0.717) is 34.9 Å². The number of carbonyl (C=O) groups is 1. The predicted molar refractivity (Wildman–Crippen MR) is 117 cm³/mol. The molecule has 32 heavy (non-hydrogen) atoms. The van der Waals surface area contributed by atoms with E-state index in [4.69, 9.17) is 21.4 Å². The maximum absolute atomic E-state index is 10.8. The Labute approximate surface area is 189 Å². The molecule has 1 aliphatic carbocycles. The normalized spacial score (nSPS) is 18.0. The highest BCUT2D eigenvalue weighted by atomic mass is 35.5. The molecule has 0 aliphatic heterocycles. The van der Waals surface area contributed by atoms with Crippen LogP contribution in [0.1, 0.15) is 31.2 Å². The van der Waals surface area contributed by atoms with E-state index in [9.17, 15) is 10.1 Å². The molecule has 4 rings (SSSR count). The van der Waals surface area contributed by atoms with Crippen molar-refractivity contribution in [3.63, 3.8) is 0 Å². The van der Waals surface area contributed by atoms with Gasteiger partial charge in [0.2, 0.25) is 0 Å². The van der Waals surface area contributed by atoms with Crippen LogP contribution in [0.2, 0.25) is 5.15 Å². The van der Waals surface area contributed by atoms with Gasteiger partial charge in [0.15, 0.2) is 10.9 Å². The Morgan fingerprint density at radius 1 is 1.28 bits per heavy atom. The highest BCUT2D eigenvalue weighted by molar-refractivity contribution is 6.31.